The first-order valence-corrected chi connectivity index (χ1v) is 11.5. The monoisotopic (exact) mass is 451 g/mol. The number of nitrogens with zero attached hydrogens (tertiary/aromatic N) is 2. The topological polar surface area (TPSA) is 65.6 Å². The number of fused-ring (bicyclic) bond motifs is 4. The van der Waals surface area contributed by atoms with Crippen molar-refractivity contribution in [3.63, 3.8) is 0 Å². The van der Waals surface area contributed by atoms with Gasteiger partial charge in [-0.1, -0.05) is 60.7 Å². The Morgan fingerprint density at radius 3 is 2.59 bits per heavy atom. The van der Waals surface area contributed by atoms with Gasteiger partial charge in [-0.3, -0.25) is 9.59 Å². The van der Waals surface area contributed by atoms with Crippen LogP contribution in [0, 0.1) is 0 Å². The predicted molar refractivity (Wildman–Crippen MR) is 129 cm³/mol. The number of ether oxygens (including phenoxy) is 1. The molecule has 34 heavy (non-hydrogen) atoms. The number of nitrogens with one attached hydrogen (secondary N) is 1. The normalized spacial score (nSPS) is 19.8. The van der Waals surface area contributed by atoms with E-state index in [0.29, 0.717) is 13.0 Å². The van der Waals surface area contributed by atoms with E-state index < -0.39 is 6.04 Å². The summed E-state index contributed by atoms with van der Waals surface area (Å²) in [7, 11) is 1.63. The van der Waals surface area contributed by atoms with E-state index in [1.807, 2.05) is 72.8 Å². The summed E-state index contributed by atoms with van der Waals surface area (Å²) < 4.78 is 5.47. The second-order valence-electron chi connectivity index (χ2n) is 8.94. The van der Waals surface area contributed by atoms with Crippen LogP contribution in [0.15, 0.2) is 78.9 Å². The highest BCUT2D eigenvalue weighted by atomic mass is 16.5. The summed E-state index contributed by atoms with van der Waals surface area (Å²) in [6.45, 7) is 0.501. The molecule has 170 valence electrons. The molecule has 0 saturated carbocycles. The molecule has 3 heterocycles. The first-order valence-electron chi connectivity index (χ1n) is 11.5. The average Bonchev–Trinajstić information content (AvgIpc) is 3.25. The van der Waals surface area contributed by atoms with E-state index in [9.17, 15) is 9.59 Å². The van der Waals surface area contributed by atoms with Crippen LogP contribution in [-0.4, -0.2) is 46.3 Å². The largest absolute Gasteiger partial charge is 0.497 e. The van der Waals surface area contributed by atoms with Crippen molar-refractivity contribution in [2.45, 2.75) is 25.0 Å². The van der Waals surface area contributed by atoms with Crippen molar-refractivity contribution in [3.05, 3.63) is 101 Å². The quantitative estimate of drug-likeness (QED) is 0.509. The molecule has 2 aliphatic rings. The zero-order chi connectivity index (χ0) is 23.2. The van der Waals surface area contributed by atoms with Gasteiger partial charge in [0.15, 0.2) is 0 Å². The van der Waals surface area contributed by atoms with E-state index in [-0.39, 0.29) is 24.4 Å². The van der Waals surface area contributed by atoms with E-state index in [1.165, 1.54) is 0 Å². The van der Waals surface area contributed by atoms with Crippen LogP contribution in [0.25, 0.3) is 10.9 Å². The Bertz CT molecular complexity index is 1390. The van der Waals surface area contributed by atoms with Crippen LogP contribution >= 0.6 is 0 Å². The summed E-state index contributed by atoms with van der Waals surface area (Å²) in [5.41, 5.74) is 5.04. The lowest BCUT2D eigenvalue weighted by Crippen LogP contribution is -2.62. The fraction of sp³-hybridized carbons (Fsp3) is 0.214. The van der Waals surface area contributed by atoms with Gasteiger partial charge in [-0.25, -0.2) is 0 Å². The Morgan fingerprint density at radius 2 is 1.76 bits per heavy atom. The summed E-state index contributed by atoms with van der Waals surface area (Å²) in [5, 5.41) is 1.10. The molecule has 0 aliphatic carbocycles. The Balaban J connectivity index is 1.47. The number of carbonyl (C=O) groups excluding carboxylic acids is 2. The first-order chi connectivity index (χ1) is 16.6. The van der Waals surface area contributed by atoms with Crippen LogP contribution in [-0.2, 0) is 22.6 Å². The molecule has 6 heteroatoms. The molecule has 2 aliphatic heterocycles. The lowest BCUT2D eigenvalue weighted by molar-refractivity contribution is -0.159. The number of hydrogen-bond donors (Lipinski definition) is 1. The van der Waals surface area contributed by atoms with Crippen molar-refractivity contribution in [2.24, 2.45) is 0 Å². The Labute approximate surface area is 197 Å². The highest BCUT2D eigenvalue weighted by Crippen LogP contribution is 2.43. The number of hydrogen-bond acceptors (Lipinski definition) is 3. The van der Waals surface area contributed by atoms with Crippen LogP contribution in [0.3, 0.4) is 0 Å². The number of H-pyrrole nitrogens is 1. The fourth-order valence-electron chi connectivity index (χ4n) is 5.42. The summed E-state index contributed by atoms with van der Waals surface area (Å²) >= 11 is 0. The van der Waals surface area contributed by atoms with Gasteiger partial charge in [-0.05, 0) is 34.9 Å². The molecule has 6 rings (SSSR count). The highest BCUT2D eigenvalue weighted by Gasteiger charge is 2.48. The maximum atomic E-state index is 13.8. The molecule has 1 saturated heterocycles. The van der Waals surface area contributed by atoms with E-state index in [2.05, 4.69) is 11.1 Å². The third-order valence-electron chi connectivity index (χ3n) is 6.97. The maximum absolute atomic E-state index is 13.8. The molecule has 1 N–H and O–H groups in total. The second kappa shape index (κ2) is 8.06. The lowest BCUT2D eigenvalue weighted by Gasteiger charge is -2.47. The van der Waals surface area contributed by atoms with Gasteiger partial charge < -0.3 is 19.5 Å². The molecular formula is C28H25N3O3. The summed E-state index contributed by atoms with van der Waals surface area (Å²) in [6.07, 6.45) is 0.496. The van der Waals surface area contributed by atoms with E-state index in [0.717, 1.165) is 39.0 Å². The molecule has 6 nitrogen and oxygen atoms in total. The van der Waals surface area contributed by atoms with Crippen molar-refractivity contribution in [1.82, 2.24) is 14.8 Å². The smallest absolute Gasteiger partial charge is 0.246 e. The molecule has 0 unspecified atom stereocenters. The average molecular weight is 452 g/mol. The number of amides is 2. The van der Waals surface area contributed by atoms with Crippen molar-refractivity contribution in [3.8, 4) is 5.75 Å². The van der Waals surface area contributed by atoms with Gasteiger partial charge >= 0.3 is 0 Å². The standard InChI is InChI=1S/C28H25N3O3/c1-34-20-11-7-10-19(14-20)27-26-22(21-12-5-6-13-23(21)29-26)15-24-28(33)30(17-25(32)31(24)27)16-18-8-3-2-4-9-18/h2-14,24,27,29H,15-17H2,1H3/t24-,27+/m0/s1. The van der Waals surface area contributed by atoms with Gasteiger partial charge in [0.1, 0.15) is 18.3 Å². The minimum absolute atomic E-state index is 0.00715. The molecule has 0 spiro atoms. The number of benzene rings is 3. The highest BCUT2D eigenvalue weighted by molar-refractivity contribution is 5.97. The Morgan fingerprint density at radius 1 is 0.971 bits per heavy atom. The second-order valence-corrected chi connectivity index (χ2v) is 8.94. The molecule has 4 aromatic rings. The van der Waals surface area contributed by atoms with E-state index >= 15 is 0 Å². The number of carbonyl (C=O) groups is 2. The number of piperazine rings is 1. The minimum atomic E-state index is -0.548. The predicted octanol–water partition coefficient (Wildman–Crippen LogP) is 4.06. The number of aromatic nitrogens is 1. The number of para-hydroxylation sites is 1. The molecular weight excluding hydrogens is 426 g/mol. The van der Waals surface area contributed by atoms with Crippen LogP contribution in [0.1, 0.15) is 28.4 Å². The van der Waals surface area contributed by atoms with Gasteiger partial charge in [0.2, 0.25) is 11.8 Å². The van der Waals surface area contributed by atoms with E-state index in [1.54, 1.807) is 16.9 Å². The number of rotatable bonds is 4. The van der Waals surface area contributed by atoms with Crippen molar-refractivity contribution in [2.75, 3.05) is 13.7 Å². The van der Waals surface area contributed by atoms with Gasteiger partial charge in [0.05, 0.1) is 13.2 Å². The van der Waals surface area contributed by atoms with Crippen molar-refractivity contribution in [1.29, 1.82) is 0 Å². The van der Waals surface area contributed by atoms with Crippen molar-refractivity contribution < 1.29 is 14.3 Å². The van der Waals surface area contributed by atoms with Gasteiger partial charge in [-0.15, -0.1) is 0 Å². The number of methoxy groups -OCH3 is 1. The summed E-state index contributed by atoms with van der Waals surface area (Å²) in [5.74, 6) is 0.670. The van der Waals surface area contributed by atoms with Gasteiger partial charge in [0, 0.05) is 29.6 Å². The first kappa shape index (κ1) is 20.5. The molecule has 0 radical (unpaired) electrons. The SMILES string of the molecule is COc1cccc([C@@H]2c3[nH]c4ccccc4c3C[C@H]3C(=O)N(Cc4ccccc4)CC(=O)N23)c1. The van der Waals surface area contributed by atoms with Crippen LogP contribution in [0.4, 0.5) is 0 Å². The van der Waals surface area contributed by atoms with Crippen LogP contribution in [0.5, 0.6) is 5.75 Å². The lowest BCUT2D eigenvalue weighted by atomic mass is 9.86. The molecule has 1 fully saturated rings. The minimum Gasteiger partial charge on any atom is -0.497 e. The van der Waals surface area contributed by atoms with Crippen LogP contribution in [0.2, 0.25) is 0 Å². The fourth-order valence-corrected chi connectivity index (χ4v) is 5.42. The number of aromatic amines is 1. The summed E-state index contributed by atoms with van der Waals surface area (Å²) in [4.78, 5) is 34.4. The van der Waals surface area contributed by atoms with E-state index in [4.69, 9.17) is 4.74 Å². The molecule has 2 atom stereocenters. The third-order valence-corrected chi connectivity index (χ3v) is 6.97. The zero-order valence-electron chi connectivity index (χ0n) is 18.9. The molecule has 3 aromatic carbocycles. The molecule has 2 amide bonds. The van der Waals surface area contributed by atoms with Gasteiger partial charge in [-0.2, -0.15) is 0 Å². The molecule has 1 aromatic heterocycles. The zero-order valence-corrected chi connectivity index (χ0v) is 18.9. The Hall–Kier alpha value is -4.06. The van der Waals surface area contributed by atoms with Gasteiger partial charge in [0.25, 0.3) is 0 Å². The molecule has 0 bridgehead atoms. The van der Waals surface area contributed by atoms with Crippen LogP contribution < -0.4 is 4.74 Å². The maximum Gasteiger partial charge on any atom is 0.246 e. The third kappa shape index (κ3) is 3.25. The Kier molecular flexibility index (Phi) is 4.87. The summed E-state index contributed by atoms with van der Waals surface area (Å²) in [6, 6.07) is 24.8. The van der Waals surface area contributed by atoms with Crippen molar-refractivity contribution >= 4 is 22.7 Å².